The van der Waals surface area contributed by atoms with Crippen LogP contribution >= 0.6 is 0 Å². The lowest BCUT2D eigenvalue weighted by Crippen LogP contribution is -2.42. The number of nitrogens with one attached hydrogen (secondary N) is 1. The third-order valence-electron chi connectivity index (χ3n) is 0.550. The van der Waals surface area contributed by atoms with Crippen molar-refractivity contribution in [2.45, 2.75) is 13.0 Å². The highest BCUT2D eigenvalue weighted by Crippen LogP contribution is 1.68. The SMILES string of the molecule is CC(C=O)NC(=O)[O-]. The monoisotopic (exact) mass is 116 g/mol. The molecule has 1 N–H and O–H groups in total. The fraction of sp³-hybridized carbons (Fsp3) is 0.500. The Balaban J connectivity index is 3.38. The molecule has 0 aromatic rings. The predicted octanol–water partition coefficient (Wildman–Crippen LogP) is -1.49. The summed E-state index contributed by atoms with van der Waals surface area (Å²) in [6, 6.07) is -0.667. The standard InChI is InChI=1S/C4H7NO3/c1-3(2-6)5-4(7)8/h2-3,5H,1H3,(H,7,8)/p-1. The smallest absolute Gasteiger partial charge is 0.141 e. The number of amides is 1. The summed E-state index contributed by atoms with van der Waals surface area (Å²) in [5.74, 6) is 0. The maximum atomic E-state index is 9.69. The van der Waals surface area contributed by atoms with Crippen LogP contribution in [0.15, 0.2) is 0 Å². The molecule has 0 heterocycles. The lowest BCUT2D eigenvalue weighted by Gasteiger charge is -2.06. The number of carbonyl (C=O) groups excluding carboxylic acids is 2. The number of aldehydes is 1. The van der Waals surface area contributed by atoms with Crippen LogP contribution in [0, 0.1) is 0 Å². The number of hydrogen-bond donors (Lipinski definition) is 1. The first-order chi connectivity index (χ1) is 3.66. The van der Waals surface area contributed by atoms with E-state index in [4.69, 9.17) is 0 Å². The molecule has 1 unspecified atom stereocenters. The molecule has 0 radical (unpaired) electrons. The second kappa shape index (κ2) is 3.01. The molecule has 1 amide bonds. The van der Waals surface area contributed by atoms with E-state index in [-0.39, 0.29) is 0 Å². The summed E-state index contributed by atoms with van der Waals surface area (Å²) < 4.78 is 0. The molecule has 4 nitrogen and oxygen atoms in total. The van der Waals surface area contributed by atoms with Gasteiger partial charge in [0, 0.05) is 0 Å². The Morgan fingerprint density at radius 3 is 2.50 bits per heavy atom. The highest BCUT2D eigenvalue weighted by atomic mass is 16.4. The molecule has 0 aromatic heterocycles. The number of hydrogen-bond acceptors (Lipinski definition) is 3. The fourth-order valence-corrected chi connectivity index (χ4v) is 0.220. The van der Waals surface area contributed by atoms with E-state index in [1.807, 2.05) is 5.32 Å². The first-order valence-corrected chi connectivity index (χ1v) is 2.09. The minimum absolute atomic E-state index is 0.482. The first-order valence-electron chi connectivity index (χ1n) is 2.09. The molecule has 1 atom stereocenters. The maximum Gasteiger partial charge on any atom is 0.141 e. The average molecular weight is 116 g/mol. The van der Waals surface area contributed by atoms with Crippen LogP contribution in [0.5, 0.6) is 0 Å². The van der Waals surface area contributed by atoms with E-state index in [1.165, 1.54) is 6.92 Å². The zero-order valence-corrected chi connectivity index (χ0v) is 4.38. The van der Waals surface area contributed by atoms with E-state index in [0.29, 0.717) is 6.29 Å². The van der Waals surface area contributed by atoms with Gasteiger partial charge in [0.15, 0.2) is 0 Å². The summed E-state index contributed by atoms with van der Waals surface area (Å²) in [5, 5.41) is 11.4. The Kier molecular flexibility index (Phi) is 2.61. The zero-order valence-electron chi connectivity index (χ0n) is 4.38. The molecule has 0 saturated heterocycles. The van der Waals surface area contributed by atoms with Crippen molar-refractivity contribution in [2.24, 2.45) is 0 Å². The second-order valence-corrected chi connectivity index (χ2v) is 1.36. The van der Waals surface area contributed by atoms with E-state index < -0.39 is 12.1 Å². The number of rotatable bonds is 2. The van der Waals surface area contributed by atoms with Crippen LogP contribution in [0.4, 0.5) is 4.79 Å². The molecular weight excluding hydrogens is 110 g/mol. The summed E-state index contributed by atoms with van der Waals surface area (Å²) in [6.45, 7) is 1.42. The van der Waals surface area contributed by atoms with Gasteiger partial charge in [0.2, 0.25) is 0 Å². The molecular formula is C4H6NO3-. The molecule has 0 aliphatic carbocycles. The van der Waals surface area contributed by atoms with Gasteiger partial charge in [-0.2, -0.15) is 0 Å². The van der Waals surface area contributed by atoms with Crippen molar-refractivity contribution in [3.8, 4) is 0 Å². The Bertz CT molecular complexity index is 101. The largest absolute Gasteiger partial charge is 0.530 e. The van der Waals surface area contributed by atoms with Gasteiger partial charge in [-0.3, -0.25) is 0 Å². The summed E-state index contributed by atoms with van der Waals surface area (Å²) in [7, 11) is 0. The van der Waals surface area contributed by atoms with Gasteiger partial charge < -0.3 is 20.0 Å². The van der Waals surface area contributed by atoms with Crippen LogP contribution in [0.3, 0.4) is 0 Å². The number of carbonyl (C=O) groups is 2. The number of carboxylic acid groups (broad SMARTS) is 1. The van der Waals surface area contributed by atoms with Crippen LogP contribution in [0.2, 0.25) is 0 Å². The highest BCUT2D eigenvalue weighted by molar-refractivity contribution is 5.69. The van der Waals surface area contributed by atoms with E-state index in [0.717, 1.165) is 0 Å². The minimum atomic E-state index is -1.43. The van der Waals surface area contributed by atoms with Gasteiger partial charge in [0.1, 0.15) is 12.4 Å². The van der Waals surface area contributed by atoms with Crippen molar-refractivity contribution >= 4 is 12.4 Å². The molecule has 4 heteroatoms. The third-order valence-corrected chi connectivity index (χ3v) is 0.550. The Hall–Kier alpha value is -1.06. The molecule has 0 aliphatic rings. The van der Waals surface area contributed by atoms with Gasteiger partial charge in [-0.15, -0.1) is 0 Å². The molecule has 46 valence electrons. The Morgan fingerprint density at radius 1 is 1.88 bits per heavy atom. The van der Waals surface area contributed by atoms with Crippen LogP contribution in [-0.2, 0) is 4.79 Å². The summed E-state index contributed by atoms with van der Waals surface area (Å²) in [6.07, 6.45) is -0.944. The van der Waals surface area contributed by atoms with Gasteiger partial charge in [0.25, 0.3) is 0 Å². The van der Waals surface area contributed by atoms with Crippen LogP contribution in [0.1, 0.15) is 6.92 Å². The minimum Gasteiger partial charge on any atom is -0.530 e. The lowest BCUT2D eigenvalue weighted by molar-refractivity contribution is -0.251. The summed E-state index contributed by atoms with van der Waals surface area (Å²) in [4.78, 5) is 19.3. The Labute approximate surface area is 46.5 Å². The average Bonchev–Trinajstić information content (AvgIpc) is 1.65. The summed E-state index contributed by atoms with van der Waals surface area (Å²) >= 11 is 0. The van der Waals surface area contributed by atoms with Gasteiger partial charge in [-0.25, -0.2) is 0 Å². The van der Waals surface area contributed by atoms with E-state index in [2.05, 4.69) is 0 Å². The molecule has 8 heavy (non-hydrogen) atoms. The first kappa shape index (κ1) is 6.94. The molecule has 0 spiro atoms. The van der Waals surface area contributed by atoms with Crippen molar-refractivity contribution in [2.75, 3.05) is 0 Å². The third kappa shape index (κ3) is 3.14. The van der Waals surface area contributed by atoms with Crippen LogP contribution < -0.4 is 10.4 Å². The van der Waals surface area contributed by atoms with Gasteiger partial charge in [-0.1, -0.05) is 0 Å². The van der Waals surface area contributed by atoms with Crippen molar-refractivity contribution in [3.63, 3.8) is 0 Å². The summed E-state index contributed by atoms with van der Waals surface area (Å²) in [5.41, 5.74) is 0. The molecule has 0 rings (SSSR count). The highest BCUT2D eigenvalue weighted by Gasteiger charge is 1.93. The lowest BCUT2D eigenvalue weighted by atomic mass is 10.4. The van der Waals surface area contributed by atoms with Crippen LogP contribution in [-0.4, -0.2) is 18.4 Å². The molecule has 0 bridgehead atoms. The quantitative estimate of drug-likeness (QED) is 0.447. The van der Waals surface area contributed by atoms with Crippen molar-refractivity contribution in [1.82, 2.24) is 5.32 Å². The topological polar surface area (TPSA) is 69.2 Å². The van der Waals surface area contributed by atoms with Crippen molar-refractivity contribution in [3.05, 3.63) is 0 Å². The van der Waals surface area contributed by atoms with Gasteiger partial charge >= 0.3 is 0 Å². The van der Waals surface area contributed by atoms with Crippen LogP contribution in [0.25, 0.3) is 0 Å². The van der Waals surface area contributed by atoms with E-state index >= 15 is 0 Å². The molecule has 0 saturated carbocycles. The van der Waals surface area contributed by atoms with Gasteiger partial charge in [-0.05, 0) is 6.92 Å². The predicted molar refractivity (Wildman–Crippen MR) is 24.1 cm³/mol. The van der Waals surface area contributed by atoms with E-state index in [1.54, 1.807) is 0 Å². The Morgan fingerprint density at radius 2 is 2.38 bits per heavy atom. The molecule has 0 aromatic carbocycles. The van der Waals surface area contributed by atoms with Gasteiger partial charge in [0.05, 0.1) is 6.04 Å². The van der Waals surface area contributed by atoms with Crippen molar-refractivity contribution < 1.29 is 14.7 Å². The fourth-order valence-electron chi connectivity index (χ4n) is 0.220. The molecule has 0 aliphatic heterocycles. The molecule has 0 fully saturated rings. The van der Waals surface area contributed by atoms with E-state index in [9.17, 15) is 14.7 Å². The second-order valence-electron chi connectivity index (χ2n) is 1.36. The zero-order chi connectivity index (χ0) is 6.57. The normalized spacial score (nSPS) is 12.1. The van der Waals surface area contributed by atoms with Crippen molar-refractivity contribution in [1.29, 1.82) is 0 Å². The maximum absolute atomic E-state index is 9.69.